The van der Waals surface area contributed by atoms with Gasteiger partial charge in [0.15, 0.2) is 0 Å². The van der Waals surface area contributed by atoms with Gasteiger partial charge in [0.2, 0.25) is 0 Å². The van der Waals surface area contributed by atoms with Crippen molar-refractivity contribution in [1.82, 2.24) is 0 Å². The molecule has 57 heavy (non-hydrogen) atoms. The molecule has 0 N–H and O–H groups in total. The molecule has 0 saturated carbocycles. The fourth-order valence-corrected chi connectivity index (χ4v) is 1.76. The van der Waals surface area contributed by atoms with Crippen LogP contribution in [0.5, 0.6) is 0 Å². The summed E-state index contributed by atoms with van der Waals surface area (Å²) in [6.07, 6.45) is 0. The summed E-state index contributed by atoms with van der Waals surface area (Å²) in [4.78, 5) is 0. The third kappa shape index (κ3) is 266. The van der Waals surface area contributed by atoms with Gasteiger partial charge in [-0.05, 0) is 0 Å². The SMILES string of the molecule is C1COCCO1.C1COCCO1.C1COCCO1.C1COCCO1.[CH2-][Si](C)(C)C.[CH2-][Si](C)(C)C.[CH2-][Si](C)(C)C.[CH2-][Si](C)(C)C.[CH2-][Si](C)(C)C.[CH2-][Si](C)(C)C.[Mn+2].[Mn+2].[Mn+2]. The average molecular weight is 1040 g/mol. The smallest absolute Gasteiger partial charge is 0.377 e. The summed E-state index contributed by atoms with van der Waals surface area (Å²) in [5.41, 5.74) is 0. The van der Waals surface area contributed by atoms with Crippen LogP contribution in [0.1, 0.15) is 0 Å². The van der Waals surface area contributed by atoms with Crippen molar-refractivity contribution in [2.45, 2.75) is 118 Å². The Morgan fingerprint density at radius 3 is 0.246 bits per heavy atom. The Balaban J connectivity index is -0.0000000639. The zero-order valence-electron chi connectivity index (χ0n) is 41.0. The van der Waals surface area contributed by atoms with Crippen molar-refractivity contribution in [3.8, 4) is 0 Å². The molecule has 0 bridgehead atoms. The normalized spacial score (nSPS) is 16.4. The Kier molecular flexibility index (Phi) is 69.4. The first-order valence-corrected chi connectivity index (χ1v) is 42.0. The van der Waals surface area contributed by atoms with Crippen LogP contribution in [0.2, 0.25) is 118 Å². The second-order valence-corrected chi connectivity index (χ2v) is 51.0. The van der Waals surface area contributed by atoms with Gasteiger partial charge in [-0.1, -0.05) is 118 Å². The molecule has 4 saturated heterocycles. The molecular weight excluding hydrogens is 942 g/mol. The molecule has 0 aliphatic carbocycles. The summed E-state index contributed by atoms with van der Waals surface area (Å²) in [6, 6.07) is 0. The monoisotopic (exact) mass is 1040 g/mol. The van der Waals surface area contributed by atoms with Crippen LogP contribution in [0.25, 0.3) is 0 Å². The summed E-state index contributed by atoms with van der Waals surface area (Å²) < 4.78 is 39.6. The van der Waals surface area contributed by atoms with Crippen molar-refractivity contribution in [1.29, 1.82) is 0 Å². The van der Waals surface area contributed by atoms with E-state index < -0.39 is 48.4 Å². The van der Waals surface area contributed by atoms with E-state index in [9.17, 15) is 0 Å². The van der Waals surface area contributed by atoms with Gasteiger partial charge < -0.3 is 77.2 Å². The first-order chi connectivity index (χ1) is 24.0. The van der Waals surface area contributed by atoms with Gasteiger partial charge in [0, 0.05) is 0 Å². The molecule has 0 aromatic carbocycles. The van der Waals surface area contributed by atoms with Crippen LogP contribution in [0, 0.1) is 39.3 Å². The maximum absolute atomic E-state index is 4.94. The Labute approximate surface area is 397 Å². The van der Waals surface area contributed by atoms with Gasteiger partial charge in [0.1, 0.15) is 0 Å². The molecule has 4 fully saturated rings. The predicted molar refractivity (Wildman–Crippen MR) is 259 cm³/mol. The molecule has 4 aliphatic rings. The van der Waals surface area contributed by atoms with Gasteiger partial charge in [-0.25, -0.2) is 0 Å². The Morgan fingerprint density at radius 1 is 0.193 bits per heavy atom. The van der Waals surface area contributed by atoms with Crippen LogP contribution < -0.4 is 0 Å². The van der Waals surface area contributed by atoms with E-state index in [1.807, 2.05) is 0 Å². The molecule has 351 valence electrons. The van der Waals surface area contributed by atoms with Gasteiger partial charge >= 0.3 is 51.2 Å². The molecule has 0 spiro atoms. The van der Waals surface area contributed by atoms with E-state index in [1.165, 1.54) is 0 Å². The minimum atomic E-state index is -0.861. The van der Waals surface area contributed by atoms with Crippen LogP contribution in [0.3, 0.4) is 0 Å². The molecule has 0 unspecified atom stereocenters. The van der Waals surface area contributed by atoms with Gasteiger partial charge in [0.25, 0.3) is 0 Å². The van der Waals surface area contributed by atoms with Gasteiger partial charge in [0.05, 0.1) is 106 Å². The van der Waals surface area contributed by atoms with E-state index in [2.05, 4.69) is 157 Å². The molecule has 0 aromatic rings. The minimum absolute atomic E-state index is 0. The van der Waals surface area contributed by atoms with Crippen LogP contribution in [-0.4, -0.2) is 154 Å². The van der Waals surface area contributed by atoms with Crippen molar-refractivity contribution in [3.05, 3.63) is 39.3 Å². The minimum Gasteiger partial charge on any atom is -0.377 e. The van der Waals surface area contributed by atoms with Crippen LogP contribution in [-0.2, 0) is 89.1 Å². The third-order valence-electron chi connectivity index (χ3n) is 2.98. The first-order valence-electron chi connectivity index (χ1n) is 19.7. The second kappa shape index (κ2) is 49.6. The maximum Gasteiger partial charge on any atom is 2.00 e. The van der Waals surface area contributed by atoms with Crippen molar-refractivity contribution in [3.63, 3.8) is 0 Å². The largest absolute Gasteiger partial charge is 2.00 e. The van der Waals surface area contributed by atoms with E-state index in [0.29, 0.717) is 0 Å². The van der Waals surface area contributed by atoms with Crippen molar-refractivity contribution in [2.24, 2.45) is 0 Å². The third-order valence-corrected chi connectivity index (χ3v) is 2.98. The van der Waals surface area contributed by atoms with Crippen molar-refractivity contribution < 1.29 is 89.1 Å². The number of rotatable bonds is 0. The second-order valence-electron chi connectivity index (χ2n) is 20.3. The van der Waals surface area contributed by atoms with Crippen molar-refractivity contribution >= 4 is 48.4 Å². The molecule has 8 nitrogen and oxygen atoms in total. The zero-order valence-corrected chi connectivity index (χ0v) is 50.5. The fraction of sp³-hybridized carbons (Fsp3) is 0.850. The molecule has 0 amide bonds. The number of hydrogen-bond acceptors (Lipinski definition) is 8. The Morgan fingerprint density at radius 2 is 0.228 bits per heavy atom. The van der Waals surface area contributed by atoms with E-state index in [-0.39, 0.29) is 51.2 Å². The zero-order chi connectivity index (χ0) is 44.0. The topological polar surface area (TPSA) is 73.8 Å². The summed E-state index contributed by atoms with van der Waals surface area (Å²) in [5, 5.41) is 0. The molecule has 0 aromatic heterocycles. The van der Waals surface area contributed by atoms with E-state index >= 15 is 0 Å². The summed E-state index contributed by atoms with van der Waals surface area (Å²) >= 11 is 0. The first kappa shape index (κ1) is 79.9. The van der Waals surface area contributed by atoms with Gasteiger partial charge in [-0.15, -0.1) is 48.4 Å². The standard InChI is InChI=1S/4C4H8O2.6C4H11Si.3Mn/c4*1-2-6-4-3-5-1;6*1-5(2,3)4;;;/h4*1-4H2;6*1H2,2-4H3;;;/q;;;;6*-1;3*+2. The molecule has 4 heterocycles. The molecule has 4 aliphatic heterocycles. The van der Waals surface area contributed by atoms with E-state index in [1.54, 1.807) is 0 Å². The quantitative estimate of drug-likeness (QED) is 0.176. The Bertz CT molecular complexity index is 488. The number of hydrogen-bond donors (Lipinski definition) is 0. The van der Waals surface area contributed by atoms with Crippen LogP contribution >= 0.6 is 0 Å². The summed E-state index contributed by atoms with van der Waals surface area (Å²) in [5.74, 6) is 0. The van der Waals surface area contributed by atoms with Gasteiger partial charge in [-0.3, -0.25) is 0 Å². The molecular formula is C40H98Mn3O8Si6. The number of ether oxygens (including phenoxy) is 8. The molecule has 17 heteroatoms. The van der Waals surface area contributed by atoms with Crippen LogP contribution in [0.4, 0.5) is 0 Å². The van der Waals surface area contributed by atoms with E-state index in [0.717, 1.165) is 106 Å². The van der Waals surface area contributed by atoms with Gasteiger partial charge in [-0.2, -0.15) is 0 Å². The Hall–Kier alpha value is 2.54. The van der Waals surface area contributed by atoms with E-state index in [4.69, 9.17) is 37.9 Å². The summed E-state index contributed by atoms with van der Waals surface area (Å²) in [7, 11) is -5.17. The maximum atomic E-state index is 4.94. The molecule has 4 rings (SSSR count). The summed E-state index contributed by atoms with van der Waals surface area (Å²) in [6.45, 7) is 75.8. The van der Waals surface area contributed by atoms with Crippen LogP contribution in [0.15, 0.2) is 0 Å². The van der Waals surface area contributed by atoms with Crippen molar-refractivity contribution in [2.75, 3.05) is 106 Å². The predicted octanol–water partition coefficient (Wildman–Crippen LogP) is 10.3. The molecule has 3 radical (unpaired) electrons. The molecule has 0 atom stereocenters. The fourth-order valence-electron chi connectivity index (χ4n) is 1.76. The average Bonchev–Trinajstić information content (AvgIpc) is 2.97.